The van der Waals surface area contributed by atoms with E-state index in [1.165, 1.54) is 24.8 Å². The van der Waals surface area contributed by atoms with Crippen LogP contribution in [0.4, 0.5) is 0 Å². The van der Waals surface area contributed by atoms with Gasteiger partial charge in [-0.3, -0.25) is 0 Å². The predicted octanol–water partition coefficient (Wildman–Crippen LogP) is 2.86. The van der Waals surface area contributed by atoms with E-state index in [0.717, 1.165) is 37.8 Å². The van der Waals surface area contributed by atoms with Gasteiger partial charge in [-0.05, 0) is 36.5 Å². The highest BCUT2D eigenvalue weighted by Crippen LogP contribution is 2.37. The summed E-state index contributed by atoms with van der Waals surface area (Å²) in [6.07, 6.45) is 3.87. The highest BCUT2D eigenvalue weighted by atomic mass is 35.5. The Bertz CT molecular complexity index is 605. The molecule has 1 saturated heterocycles. The molecule has 3 aliphatic rings. The fraction of sp³-hybridized carbons (Fsp3) is 0.700. The minimum absolute atomic E-state index is 0. The highest BCUT2D eigenvalue weighted by molar-refractivity contribution is 5.85. The molecule has 3 atom stereocenters. The van der Waals surface area contributed by atoms with Crippen LogP contribution in [0.25, 0.3) is 0 Å². The van der Waals surface area contributed by atoms with Gasteiger partial charge in [-0.1, -0.05) is 26.3 Å². The first-order valence-electron chi connectivity index (χ1n) is 9.58. The van der Waals surface area contributed by atoms with Crippen LogP contribution in [0.2, 0.25) is 0 Å². The second-order valence-corrected chi connectivity index (χ2v) is 8.17. The molecule has 0 spiro atoms. The second kappa shape index (κ2) is 8.34. The van der Waals surface area contributed by atoms with Crippen molar-refractivity contribution in [2.45, 2.75) is 50.6 Å². The van der Waals surface area contributed by atoms with Crippen molar-refractivity contribution in [3.63, 3.8) is 0 Å². The van der Waals surface area contributed by atoms with Crippen molar-refractivity contribution < 1.29 is 14.2 Å². The third kappa shape index (κ3) is 4.11. The molecule has 1 aromatic carbocycles. The third-order valence-electron chi connectivity index (χ3n) is 6.00. The van der Waals surface area contributed by atoms with E-state index in [0.29, 0.717) is 24.8 Å². The summed E-state index contributed by atoms with van der Waals surface area (Å²) in [5, 5.41) is 7.52. The van der Waals surface area contributed by atoms with Gasteiger partial charge in [0.15, 0.2) is 11.5 Å². The number of ether oxygens (including phenoxy) is 3. The molecule has 1 aliphatic carbocycles. The van der Waals surface area contributed by atoms with Gasteiger partial charge in [0.05, 0.1) is 13.2 Å². The second-order valence-electron chi connectivity index (χ2n) is 8.17. The first kappa shape index (κ1) is 19.7. The zero-order valence-electron chi connectivity index (χ0n) is 15.8. The Morgan fingerprint density at radius 3 is 2.85 bits per heavy atom. The topological polar surface area (TPSA) is 51.8 Å². The van der Waals surface area contributed by atoms with Gasteiger partial charge < -0.3 is 24.8 Å². The summed E-state index contributed by atoms with van der Waals surface area (Å²) in [5.41, 5.74) is 1.34. The van der Waals surface area contributed by atoms with Gasteiger partial charge in [-0.2, -0.15) is 0 Å². The average molecular weight is 383 g/mol. The Kier molecular flexibility index (Phi) is 6.33. The highest BCUT2D eigenvalue weighted by Gasteiger charge is 2.35. The summed E-state index contributed by atoms with van der Waals surface area (Å²) in [4.78, 5) is 0. The average Bonchev–Trinajstić information content (AvgIpc) is 3.29. The van der Waals surface area contributed by atoms with Crippen LogP contribution in [-0.4, -0.2) is 45.2 Å². The molecule has 2 heterocycles. The lowest BCUT2D eigenvalue weighted by molar-refractivity contribution is 0.0522. The van der Waals surface area contributed by atoms with Crippen LogP contribution in [0.1, 0.15) is 38.7 Å². The predicted molar refractivity (Wildman–Crippen MR) is 105 cm³/mol. The van der Waals surface area contributed by atoms with Crippen LogP contribution < -0.4 is 20.1 Å². The lowest BCUT2D eigenvalue weighted by atomic mass is 9.83. The molecule has 0 aromatic heterocycles. The molecule has 26 heavy (non-hydrogen) atoms. The van der Waals surface area contributed by atoms with Gasteiger partial charge >= 0.3 is 0 Å². The number of fused-ring (bicyclic) bond motifs is 1. The van der Waals surface area contributed by atoms with E-state index in [4.69, 9.17) is 14.2 Å². The summed E-state index contributed by atoms with van der Waals surface area (Å²) in [7, 11) is 0. The van der Waals surface area contributed by atoms with E-state index < -0.39 is 0 Å². The van der Waals surface area contributed by atoms with E-state index in [1.54, 1.807) is 0 Å². The van der Waals surface area contributed by atoms with Crippen molar-refractivity contribution in [1.29, 1.82) is 0 Å². The van der Waals surface area contributed by atoms with Gasteiger partial charge in [0.1, 0.15) is 0 Å². The molecule has 0 bridgehead atoms. The molecule has 1 aromatic rings. The number of hydrogen-bond acceptors (Lipinski definition) is 5. The maximum Gasteiger partial charge on any atom is 0.231 e. The van der Waals surface area contributed by atoms with Crippen LogP contribution >= 0.6 is 12.4 Å². The number of rotatable bonds is 5. The minimum Gasteiger partial charge on any atom is -0.454 e. The van der Waals surface area contributed by atoms with Gasteiger partial charge in [-0.15, -0.1) is 12.4 Å². The molecule has 4 rings (SSSR count). The number of nitrogens with one attached hydrogen (secondary N) is 2. The smallest absolute Gasteiger partial charge is 0.231 e. The summed E-state index contributed by atoms with van der Waals surface area (Å²) in [6.45, 7) is 8.56. The van der Waals surface area contributed by atoms with Gasteiger partial charge in [-0.25, -0.2) is 0 Å². The van der Waals surface area contributed by atoms with E-state index in [2.05, 4.69) is 36.6 Å². The van der Waals surface area contributed by atoms with Crippen LogP contribution in [0.5, 0.6) is 11.5 Å². The first-order chi connectivity index (χ1) is 12.1. The quantitative estimate of drug-likeness (QED) is 0.820. The molecule has 2 N–H and O–H groups in total. The molecule has 6 heteroatoms. The van der Waals surface area contributed by atoms with Crippen molar-refractivity contribution in [3.8, 4) is 11.5 Å². The Hall–Kier alpha value is -1.01. The van der Waals surface area contributed by atoms with Crippen molar-refractivity contribution in [2.75, 3.05) is 33.1 Å². The Labute approximate surface area is 162 Å². The minimum atomic E-state index is 0. The largest absolute Gasteiger partial charge is 0.454 e. The molecule has 1 saturated carbocycles. The third-order valence-corrected chi connectivity index (χ3v) is 6.00. The summed E-state index contributed by atoms with van der Waals surface area (Å²) in [6, 6.07) is 7.40. The maximum absolute atomic E-state index is 5.68. The van der Waals surface area contributed by atoms with E-state index >= 15 is 0 Å². The summed E-state index contributed by atoms with van der Waals surface area (Å²) < 4.78 is 16.7. The molecule has 146 valence electrons. The molecule has 2 aliphatic heterocycles. The van der Waals surface area contributed by atoms with Crippen molar-refractivity contribution in [1.82, 2.24) is 10.6 Å². The molecule has 2 fully saturated rings. The van der Waals surface area contributed by atoms with E-state index in [1.807, 2.05) is 6.07 Å². The first-order valence-corrected chi connectivity index (χ1v) is 9.58. The fourth-order valence-electron chi connectivity index (χ4n) is 4.39. The molecular formula is C20H31ClN2O3. The summed E-state index contributed by atoms with van der Waals surface area (Å²) in [5.74, 6) is 2.40. The lowest BCUT2D eigenvalue weighted by Gasteiger charge is -2.35. The Balaban J connectivity index is 0.00000196. The van der Waals surface area contributed by atoms with Crippen LogP contribution in [0.15, 0.2) is 18.2 Å². The number of benzene rings is 1. The summed E-state index contributed by atoms with van der Waals surface area (Å²) >= 11 is 0. The van der Waals surface area contributed by atoms with E-state index in [9.17, 15) is 0 Å². The molecule has 3 unspecified atom stereocenters. The van der Waals surface area contributed by atoms with Crippen molar-refractivity contribution >= 4 is 12.4 Å². The van der Waals surface area contributed by atoms with Gasteiger partial charge in [0, 0.05) is 30.6 Å². The number of morpholine rings is 1. The van der Waals surface area contributed by atoms with Gasteiger partial charge in [0.25, 0.3) is 0 Å². The zero-order valence-corrected chi connectivity index (χ0v) is 16.6. The molecule has 5 nitrogen and oxygen atoms in total. The van der Waals surface area contributed by atoms with Crippen molar-refractivity contribution in [2.24, 2.45) is 5.92 Å². The molecular weight excluding hydrogens is 352 g/mol. The van der Waals surface area contributed by atoms with Gasteiger partial charge in [0.2, 0.25) is 6.79 Å². The van der Waals surface area contributed by atoms with Crippen LogP contribution in [-0.2, 0) is 10.2 Å². The fourth-order valence-corrected chi connectivity index (χ4v) is 4.39. The Morgan fingerprint density at radius 1 is 1.19 bits per heavy atom. The SMILES string of the molecule is CC(C)(CNC1CCCC1C1COCCN1)c1ccc2c(c1)OCO2.Cl. The zero-order chi connectivity index (χ0) is 17.3. The van der Waals surface area contributed by atoms with Crippen LogP contribution in [0.3, 0.4) is 0 Å². The van der Waals surface area contributed by atoms with E-state index in [-0.39, 0.29) is 17.8 Å². The Morgan fingerprint density at radius 2 is 2.04 bits per heavy atom. The number of hydrogen-bond donors (Lipinski definition) is 2. The maximum atomic E-state index is 5.68. The molecule has 0 radical (unpaired) electrons. The van der Waals surface area contributed by atoms with Crippen LogP contribution in [0, 0.1) is 5.92 Å². The van der Waals surface area contributed by atoms with Crippen molar-refractivity contribution in [3.05, 3.63) is 23.8 Å². The lowest BCUT2D eigenvalue weighted by Crippen LogP contribution is -2.52. The monoisotopic (exact) mass is 382 g/mol. The molecule has 0 amide bonds. The normalized spacial score (nSPS) is 28.0. The standard InChI is InChI=1S/C20H30N2O3.ClH/c1-20(2,14-6-7-18-19(10-14)25-13-24-18)12-22-16-5-3-4-15(16)17-11-23-9-8-21-17;/h6-7,10,15-17,21-22H,3-5,8-9,11-13H2,1-2H3;1H. The number of halogens is 1.